The van der Waals surface area contributed by atoms with Crippen LogP contribution in [0.3, 0.4) is 0 Å². The Morgan fingerprint density at radius 2 is 1.87 bits per heavy atom. The van der Waals surface area contributed by atoms with Crippen molar-refractivity contribution in [2.45, 2.75) is 30.4 Å². The van der Waals surface area contributed by atoms with Crippen LogP contribution in [0.5, 0.6) is 0 Å². The van der Waals surface area contributed by atoms with Crippen molar-refractivity contribution in [3.05, 3.63) is 0 Å². The van der Waals surface area contributed by atoms with E-state index in [0.717, 1.165) is 4.90 Å². The summed E-state index contributed by atoms with van der Waals surface area (Å²) in [6, 6.07) is -1.65. The molecule has 0 aliphatic carbocycles. The molecule has 2 aliphatic heterocycles. The van der Waals surface area contributed by atoms with Crippen LogP contribution in [0.4, 0.5) is 4.79 Å². The number of carbonyl (C=O) groups is 1. The van der Waals surface area contributed by atoms with E-state index in [1.54, 1.807) is 0 Å². The minimum atomic E-state index is -1.21. The summed E-state index contributed by atoms with van der Waals surface area (Å²) in [5, 5.41) is 37.1. The van der Waals surface area contributed by atoms with E-state index in [1.807, 2.05) is 0 Å². The predicted molar refractivity (Wildman–Crippen MR) is 45.9 cm³/mol. The highest BCUT2D eigenvalue weighted by molar-refractivity contribution is 5.72. The molecule has 0 aromatic rings. The Balaban J connectivity index is 2.28. The van der Waals surface area contributed by atoms with Gasteiger partial charge in [0.2, 0.25) is 0 Å². The van der Waals surface area contributed by atoms with Gasteiger partial charge in [-0.25, -0.2) is 4.79 Å². The fourth-order valence-electron chi connectivity index (χ4n) is 2.24. The summed E-state index contributed by atoms with van der Waals surface area (Å²) < 4.78 is 4.78. The van der Waals surface area contributed by atoms with Gasteiger partial charge in [-0.2, -0.15) is 0 Å². The summed E-state index contributed by atoms with van der Waals surface area (Å²) in [6.45, 7) is -0.878. The molecule has 7 heteroatoms. The molecule has 0 saturated carbocycles. The van der Waals surface area contributed by atoms with Crippen molar-refractivity contribution in [1.82, 2.24) is 4.90 Å². The Bertz CT molecular complexity index is 272. The second-order valence-corrected chi connectivity index (χ2v) is 3.73. The van der Waals surface area contributed by atoms with Gasteiger partial charge in [-0.05, 0) is 0 Å². The lowest BCUT2D eigenvalue weighted by atomic mass is 10.0. The first-order valence-electron chi connectivity index (χ1n) is 4.68. The molecule has 0 radical (unpaired) electrons. The van der Waals surface area contributed by atoms with E-state index in [0.29, 0.717) is 0 Å². The third-order valence-corrected chi connectivity index (χ3v) is 2.98. The maximum Gasteiger partial charge on any atom is 0.411 e. The number of amides is 1. The highest BCUT2D eigenvalue weighted by Gasteiger charge is 2.58. The third kappa shape index (κ3) is 1.31. The second kappa shape index (κ2) is 3.60. The van der Waals surface area contributed by atoms with Crippen LogP contribution in [0.15, 0.2) is 0 Å². The molecule has 2 fully saturated rings. The molecule has 2 rings (SSSR count). The Morgan fingerprint density at radius 3 is 2.40 bits per heavy atom. The molecule has 15 heavy (non-hydrogen) atoms. The molecule has 0 unspecified atom stereocenters. The molecular formula is C8H13NO6. The number of carbonyl (C=O) groups excluding carboxylic acids is 1. The molecule has 1 amide bonds. The number of cyclic esters (lactones) is 1. The Hall–Kier alpha value is -0.890. The number of hydrogen-bond donors (Lipinski definition) is 4. The van der Waals surface area contributed by atoms with Gasteiger partial charge in [0.1, 0.15) is 24.4 Å². The summed E-state index contributed by atoms with van der Waals surface area (Å²) in [7, 11) is 0. The highest BCUT2D eigenvalue weighted by Crippen LogP contribution is 2.34. The molecule has 86 valence electrons. The van der Waals surface area contributed by atoms with Crippen molar-refractivity contribution in [1.29, 1.82) is 0 Å². The summed E-state index contributed by atoms with van der Waals surface area (Å²) in [5.41, 5.74) is 0. The summed E-state index contributed by atoms with van der Waals surface area (Å²) in [4.78, 5) is 12.4. The van der Waals surface area contributed by atoms with Crippen LogP contribution in [-0.4, -0.2) is 75.0 Å². The number of rotatable bonds is 2. The van der Waals surface area contributed by atoms with E-state index >= 15 is 0 Å². The van der Waals surface area contributed by atoms with Gasteiger partial charge in [0, 0.05) is 0 Å². The number of fused-ring (bicyclic) bond motifs is 1. The maximum absolute atomic E-state index is 11.3. The van der Waals surface area contributed by atoms with Crippen LogP contribution in [0.1, 0.15) is 0 Å². The fourth-order valence-corrected chi connectivity index (χ4v) is 2.24. The van der Waals surface area contributed by atoms with E-state index in [1.165, 1.54) is 0 Å². The van der Waals surface area contributed by atoms with Gasteiger partial charge in [0.15, 0.2) is 0 Å². The van der Waals surface area contributed by atoms with E-state index in [4.69, 9.17) is 14.9 Å². The minimum Gasteiger partial charge on any atom is -0.441 e. The zero-order chi connectivity index (χ0) is 11.2. The van der Waals surface area contributed by atoms with Gasteiger partial charge < -0.3 is 25.2 Å². The van der Waals surface area contributed by atoms with Crippen molar-refractivity contribution >= 4 is 6.09 Å². The summed E-state index contributed by atoms with van der Waals surface area (Å²) >= 11 is 0. The van der Waals surface area contributed by atoms with Gasteiger partial charge in [0.05, 0.1) is 19.3 Å². The van der Waals surface area contributed by atoms with Gasteiger partial charge in [-0.15, -0.1) is 0 Å². The number of aliphatic hydroxyl groups excluding tert-OH is 4. The lowest BCUT2D eigenvalue weighted by Crippen LogP contribution is -2.42. The molecule has 4 N–H and O–H groups in total. The molecule has 0 aromatic heterocycles. The predicted octanol–water partition coefficient (Wildman–Crippen LogP) is -2.74. The molecule has 0 bridgehead atoms. The molecule has 2 aliphatic rings. The Morgan fingerprint density at radius 1 is 1.20 bits per heavy atom. The smallest absolute Gasteiger partial charge is 0.411 e. The van der Waals surface area contributed by atoms with Crippen LogP contribution in [0, 0.1) is 0 Å². The van der Waals surface area contributed by atoms with Crippen molar-refractivity contribution in [3.63, 3.8) is 0 Å². The topological polar surface area (TPSA) is 110 Å². The zero-order valence-electron chi connectivity index (χ0n) is 7.85. The van der Waals surface area contributed by atoms with Crippen LogP contribution in [0.2, 0.25) is 0 Å². The molecule has 2 heterocycles. The van der Waals surface area contributed by atoms with Crippen molar-refractivity contribution in [3.8, 4) is 0 Å². The quantitative estimate of drug-likeness (QED) is 0.401. The standard InChI is InChI=1S/C8H13NO6/c10-1-3-6(12)7(13)5-4(2-11)15-8(14)9(3)5/h3-7,10-13H,1-2H2/t3-,4+,5-,6-,7-/m0/s1. The number of nitrogens with zero attached hydrogens (tertiary/aromatic N) is 1. The number of aliphatic hydroxyl groups is 4. The zero-order valence-corrected chi connectivity index (χ0v) is 7.85. The number of ether oxygens (including phenoxy) is 1. The fraction of sp³-hybridized carbons (Fsp3) is 0.875. The second-order valence-electron chi connectivity index (χ2n) is 3.73. The van der Waals surface area contributed by atoms with Crippen molar-refractivity contribution in [2.75, 3.05) is 13.2 Å². The summed E-state index contributed by atoms with van der Waals surface area (Å²) in [5.74, 6) is 0. The monoisotopic (exact) mass is 219 g/mol. The molecule has 2 saturated heterocycles. The van der Waals surface area contributed by atoms with Crippen LogP contribution in [-0.2, 0) is 4.74 Å². The van der Waals surface area contributed by atoms with Gasteiger partial charge in [-0.1, -0.05) is 0 Å². The lowest BCUT2D eigenvalue weighted by molar-refractivity contribution is -0.0116. The Kier molecular flexibility index (Phi) is 2.55. The van der Waals surface area contributed by atoms with Gasteiger partial charge in [0.25, 0.3) is 0 Å². The molecule has 0 aromatic carbocycles. The first-order valence-corrected chi connectivity index (χ1v) is 4.68. The van der Waals surface area contributed by atoms with Crippen molar-refractivity contribution in [2.24, 2.45) is 0 Å². The molecule has 7 nitrogen and oxygen atoms in total. The first-order chi connectivity index (χ1) is 7.11. The third-order valence-electron chi connectivity index (χ3n) is 2.98. The summed E-state index contributed by atoms with van der Waals surface area (Å²) in [6.07, 6.45) is -3.99. The maximum atomic E-state index is 11.3. The molecule has 5 atom stereocenters. The molecular weight excluding hydrogens is 206 g/mol. The minimum absolute atomic E-state index is 0.422. The highest BCUT2D eigenvalue weighted by atomic mass is 16.6. The van der Waals surface area contributed by atoms with Crippen LogP contribution in [0.25, 0.3) is 0 Å². The lowest BCUT2D eigenvalue weighted by Gasteiger charge is -2.20. The Labute approximate surface area is 85.5 Å². The van der Waals surface area contributed by atoms with Crippen LogP contribution < -0.4 is 0 Å². The van der Waals surface area contributed by atoms with E-state index in [-0.39, 0.29) is 0 Å². The largest absolute Gasteiger partial charge is 0.441 e. The van der Waals surface area contributed by atoms with E-state index in [9.17, 15) is 15.0 Å². The average molecular weight is 219 g/mol. The first kappa shape index (κ1) is 10.6. The van der Waals surface area contributed by atoms with Gasteiger partial charge in [-0.3, -0.25) is 4.90 Å². The van der Waals surface area contributed by atoms with E-state index < -0.39 is 49.7 Å². The van der Waals surface area contributed by atoms with E-state index in [2.05, 4.69) is 0 Å². The normalized spacial score (nSPS) is 44.4. The molecule has 0 spiro atoms. The van der Waals surface area contributed by atoms with Crippen molar-refractivity contribution < 1.29 is 30.0 Å². The number of hydrogen-bond acceptors (Lipinski definition) is 6. The average Bonchev–Trinajstić information content (AvgIpc) is 2.67. The van der Waals surface area contributed by atoms with Gasteiger partial charge >= 0.3 is 6.09 Å². The van der Waals surface area contributed by atoms with Crippen LogP contribution >= 0.6 is 0 Å². The SMILES string of the molecule is O=C1O[C@H](CO)[C@H]2[C@H](O)[C@@H](O)[C@H](CO)N12.